The van der Waals surface area contributed by atoms with Crippen molar-refractivity contribution in [3.05, 3.63) is 23.8 Å². The first-order chi connectivity index (χ1) is 7.95. The molecule has 2 amide bonds. The third kappa shape index (κ3) is 3.35. The van der Waals surface area contributed by atoms with E-state index in [1.54, 1.807) is 13.0 Å². The Balaban J connectivity index is 3.06. The normalized spacial score (nSPS) is 11.7. The van der Waals surface area contributed by atoms with E-state index in [1.807, 2.05) is 0 Å². The zero-order valence-electron chi connectivity index (χ0n) is 9.49. The average Bonchev–Trinajstić information content (AvgIpc) is 2.28. The molecule has 0 bridgehead atoms. The van der Waals surface area contributed by atoms with Gasteiger partial charge in [0, 0.05) is 5.56 Å². The molecule has 92 valence electrons. The van der Waals surface area contributed by atoms with Gasteiger partial charge in [-0.3, -0.25) is 9.59 Å². The number of carbonyl (C=O) groups is 2. The van der Waals surface area contributed by atoms with Gasteiger partial charge in [-0.2, -0.15) is 0 Å². The number of carbonyl (C=O) groups excluding carboxylic acids is 2. The number of nitrogens with two attached hydrogens (primary N) is 1. The van der Waals surface area contributed by atoms with Crippen molar-refractivity contribution in [1.29, 1.82) is 0 Å². The van der Waals surface area contributed by atoms with E-state index in [2.05, 4.69) is 5.32 Å². The highest BCUT2D eigenvalue weighted by Crippen LogP contribution is 2.25. The molecule has 6 heteroatoms. The predicted molar refractivity (Wildman–Crippen MR) is 65.5 cm³/mol. The van der Waals surface area contributed by atoms with E-state index in [0.29, 0.717) is 11.4 Å². The van der Waals surface area contributed by atoms with Crippen LogP contribution in [0.15, 0.2) is 18.2 Å². The SMILES string of the molecule is COc1ccc(C(N)=O)cc1NC(=O)C(C)Cl. The Bertz CT molecular complexity index is 446. The number of primary amides is 1. The number of hydrogen-bond acceptors (Lipinski definition) is 3. The molecule has 0 radical (unpaired) electrons. The minimum atomic E-state index is -0.683. The van der Waals surface area contributed by atoms with Crippen LogP contribution >= 0.6 is 11.6 Å². The summed E-state index contributed by atoms with van der Waals surface area (Å²) in [4.78, 5) is 22.5. The minimum Gasteiger partial charge on any atom is -0.495 e. The fourth-order valence-electron chi connectivity index (χ4n) is 1.19. The van der Waals surface area contributed by atoms with Crippen molar-refractivity contribution in [3.8, 4) is 5.75 Å². The van der Waals surface area contributed by atoms with Crippen LogP contribution in [0.1, 0.15) is 17.3 Å². The van der Waals surface area contributed by atoms with Gasteiger partial charge in [0.1, 0.15) is 11.1 Å². The van der Waals surface area contributed by atoms with Crippen LogP contribution in [0, 0.1) is 0 Å². The maximum Gasteiger partial charge on any atom is 0.248 e. The van der Waals surface area contributed by atoms with Gasteiger partial charge in [0.15, 0.2) is 0 Å². The Labute approximate surface area is 104 Å². The highest BCUT2D eigenvalue weighted by molar-refractivity contribution is 6.32. The highest BCUT2D eigenvalue weighted by atomic mass is 35.5. The van der Waals surface area contributed by atoms with Crippen LogP contribution < -0.4 is 15.8 Å². The first-order valence-electron chi connectivity index (χ1n) is 4.88. The molecule has 5 nitrogen and oxygen atoms in total. The molecule has 1 rings (SSSR count). The molecule has 0 aliphatic heterocycles. The summed E-state index contributed by atoms with van der Waals surface area (Å²) in [7, 11) is 1.46. The Morgan fingerprint density at radius 1 is 1.47 bits per heavy atom. The number of ether oxygens (including phenoxy) is 1. The predicted octanol–water partition coefficient (Wildman–Crippen LogP) is 1.36. The number of rotatable bonds is 4. The van der Waals surface area contributed by atoms with Gasteiger partial charge in [-0.05, 0) is 25.1 Å². The molecule has 1 atom stereocenters. The lowest BCUT2D eigenvalue weighted by molar-refractivity contribution is -0.115. The third-order valence-corrected chi connectivity index (χ3v) is 2.30. The number of methoxy groups -OCH3 is 1. The van der Waals surface area contributed by atoms with Gasteiger partial charge in [0.05, 0.1) is 12.8 Å². The fourth-order valence-corrected chi connectivity index (χ4v) is 1.25. The third-order valence-electron chi connectivity index (χ3n) is 2.10. The lowest BCUT2D eigenvalue weighted by atomic mass is 10.1. The standard InChI is InChI=1S/C11H13ClN2O3/c1-6(12)11(16)14-8-5-7(10(13)15)3-4-9(8)17-2/h3-6H,1-2H3,(H2,13,15)(H,14,16). The lowest BCUT2D eigenvalue weighted by Crippen LogP contribution is -2.21. The zero-order chi connectivity index (χ0) is 13.0. The van der Waals surface area contributed by atoms with Gasteiger partial charge in [-0.1, -0.05) is 0 Å². The first-order valence-corrected chi connectivity index (χ1v) is 5.32. The van der Waals surface area contributed by atoms with Crippen LogP contribution in [0.3, 0.4) is 0 Å². The Kier molecular flexibility index (Phi) is 4.34. The largest absolute Gasteiger partial charge is 0.495 e. The summed E-state index contributed by atoms with van der Waals surface area (Å²) in [5, 5.41) is 1.87. The van der Waals surface area contributed by atoms with Crippen LogP contribution in [-0.2, 0) is 4.79 Å². The summed E-state index contributed by atoms with van der Waals surface area (Å²) in [6, 6.07) is 4.51. The summed E-state index contributed by atoms with van der Waals surface area (Å²) in [5.74, 6) is -0.533. The maximum absolute atomic E-state index is 11.4. The number of halogens is 1. The van der Waals surface area contributed by atoms with Crippen molar-refractivity contribution in [3.63, 3.8) is 0 Å². The van der Waals surface area contributed by atoms with E-state index in [0.717, 1.165) is 0 Å². The van der Waals surface area contributed by atoms with Crippen molar-refractivity contribution in [2.24, 2.45) is 5.73 Å². The number of anilines is 1. The second kappa shape index (κ2) is 5.54. The Hall–Kier alpha value is -1.75. The Morgan fingerprint density at radius 3 is 2.59 bits per heavy atom. The molecule has 0 saturated heterocycles. The summed E-state index contributed by atoms with van der Waals surface area (Å²) in [6.07, 6.45) is 0. The number of nitrogens with one attached hydrogen (secondary N) is 1. The summed E-state index contributed by atoms with van der Waals surface area (Å²) < 4.78 is 5.05. The quantitative estimate of drug-likeness (QED) is 0.798. The molecule has 1 aromatic carbocycles. The van der Waals surface area contributed by atoms with E-state index in [1.165, 1.54) is 19.2 Å². The van der Waals surface area contributed by atoms with Gasteiger partial charge in [0.2, 0.25) is 11.8 Å². The van der Waals surface area contributed by atoms with Crippen LogP contribution in [-0.4, -0.2) is 24.3 Å². The number of hydrogen-bond donors (Lipinski definition) is 2. The fraction of sp³-hybridized carbons (Fsp3) is 0.273. The molecule has 0 heterocycles. The molecule has 0 fully saturated rings. The van der Waals surface area contributed by atoms with Crippen molar-refractivity contribution in [2.75, 3.05) is 12.4 Å². The lowest BCUT2D eigenvalue weighted by Gasteiger charge is -2.11. The van der Waals surface area contributed by atoms with E-state index < -0.39 is 11.3 Å². The average molecular weight is 257 g/mol. The molecule has 0 aromatic heterocycles. The second-order valence-electron chi connectivity index (χ2n) is 3.38. The van der Waals surface area contributed by atoms with Crippen LogP contribution in [0.2, 0.25) is 0 Å². The monoisotopic (exact) mass is 256 g/mol. The zero-order valence-corrected chi connectivity index (χ0v) is 10.2. The molecule has 0 saturated carbocycles. The molecule has 0 aliphatic rings. The van der Waals surface area contributed by atoms with E-state index in [-0.39, 0.29) is 11.5 Å². The number of benzene rings is 1. The van der Waals surface area contributed by atoms with Gasteiger partial charge >= 0.3 is 0 Å². The molecule has 0 spiro atoms. The topological polar surface area (TPSA) is 81.4 Å². The van der Waals surface area contributed by atoms with Gasteiger partial charge in [-0.15, -0.1) is 11.6 Å². The minimum absolute atomic E-state index is 0.281. The first kappa shape index (κ1) is 13.3. The van der Waals surface area contributed by atoms with Gasteiger partial charge < -0.3 is 15.8 Å². The van der Waals surface area contributed by atoms with Gasteiger partial charge in [0.25, 0.3) is 0 Å². The molecule has 1 aromatic rings. The maximum atomic E-state index is 11.4. The smallest absolute Gasteiger partial charge is 0.248 e. The van der Waals surface area contributed by atoms with E-state index in [9.17, 15) is 9.59 Å². The van der Waals surface area contributed by atoms with Crippen LogP contribution in [0.25, 0.3) is 0 Å². The highest BCUT2D eigenvalue weighted by Gasteiger charge is 2.13. The van der Waals surface area contributed by atoms with Crippen molar-refractivity contribution in [1.82, 2.24) is 0 Å². The molecular weight excluding hydrogens is 244 g/mol. The Morgan fingerprint density at radius 2 is 2.12 bits per heavy atom. The van der Waals surface area contributed by atoms with E-state index >= 15 is 0 Å². The van der Waals surface area contributed by atoms with Crippen LogP contribution in [0.5, 0.6) is 5.75 Å². The van der Waals surface area contributed by atoms with Crippen LogP contribution in [0.4, 0.5) is 5.69 Å². The summed E-state index contributed by atoms with van der Waals surface area (Å²) >= 11 is 5.63. The van der Waals surface area contributed by atoms with Crippen molar-refractivity contribution < 1.29 is 14.3 Å². The van der Waals surface area contributed by atoms with Crippen molar-refractivity contribution >= 4 is 29.1 Å². The summed E-state index contributed by atoms with van der Waals surface area (Å²) in [5.41, 5.74) is 5.79. The molecule has 17 heavy (non-hydrogen) atoms. The molecule has 1 unspecified atom stereocenters. The number of alkyl halides is 1. The molecule has 3 N–H and O–H groups in total. The number of amides is 2. The summed E-state index contributed by atoms with van der Waals surface area (Å²) in [6.45, 7) is 1.54. The van der Waals surface area contributed by atoms with Crippen molar-refractivity contribution in [2.45, 2.75) is 12.3 Å². The van der Waals surface area contributed by atoms with E-state index in [4.69, 9.17) is 22.1 Å². The second-order valence-corrected chi connectivity index (χ2v) is 4.04. The van der Waals surface area contributed by atoms with Gasteiger partial charge in [-0.25, -0.2) is 0 Å². The molecular formula is C11H13ClN2O3. The molecule has 0 aliphatic carbocycles.